The van der Waals surface area contributed by atoms with Gasteiger partial charge in [-0.2, -0.15) is 0 Å². The van der Waals surface area contributed by atoms with E-state index in [1.807, 2.05) is 71.3 Å². The third kappa shape index (κ3) is 3.60. The maximum Gasteiger partial charge on any atom is 0.202 e. The largest absolute Gasteiger partial charge is 0.270 e. The van der Waals surface area contributed by atoms with Crippen molar-refractivity contribution in [3.05, 3.63) is 83.0 Å². The minimum absolute atomic E-state index is 0.675. The zero-order valence-electron chi connectivity index (χ0n) is 13.4. The molecule has 0 aliphatic heterocycles. The van der Waals surface area contributed by atoms with E-state index in [4.69, 9.17) is 23.2 Å². The number of hydrogen-bond donors (Lipinski definition) is 0. The van der Waals surface area contributed by atoms with Crippen LogP contribution in [0.5, 0.6) is 0 Å². The van der Waals surface area contributed by atoms with Crippen molar-refractivity contribution in [2.75, 3.05) is 0 Å². The number of halogens is 2. The first kappa shape index (κ1) is 17.1. The van der Waals surface area contributed by atoms with Gasteiger partial charge in [0.25, 0.3) is 0 Å². The standard InChI is InChI=1S/C19H12Cl2N4S/c20-14-6-4-13(5-7-14)18-23-24-19(26-17-3-1-2-12-22-17)25(18)16-10-8-15(21)9-11-16/h1-12H. The van der Waals surface area contributed by atoms with E-state index in [0.717, 1.165) is 27.3 Å². The van der Waals surface area contributed by atoms with E-state index in [2.05, 4.69) is 15.2 Å². The molecule has 2 aromatic heterocycles. The van der Waals surface area contributed by atoms with Gasteiger partial charge in [-0.25, -0.2) is 4.98 Å². The number of pyridine rings is 1. The van der Waals surface area contributed by atoms with Crippen LogP contribution in [0.25, 0.3) is 17.1 Å². The first-order valence-electron chi connectivity index (χ1n) is 7.77. The van der Waals surface area contributed by atoms with E-state index < -0.39 is 0 Å². The van der Waals surface area contributed by atoms with Crippen molar-refractivity contribution in [2.24, 2.45) is 0 Å². The van der Waals surface area contributed by atoms with E-state index in [9.17, 15) is 0 Å². The summed E-state index contributed by atoms with van der Waals surface area (Å²) in [6, 6.07) is 20.9. The van der Waals surface area contributed by atoms with Gasteiger partial charge >= 0.3 is 0 Å². The van der Waals surface area contributed by atoms with Crippen LogP contribution in [-0.4, -0.2) is 19.7 Å². The maximum absolute atomic E-state index is 6.05. The quantitative estimate of drug-likeness (QED) is 0.436. The molecule has 128 valence electrons. The molecular formula is C19H12Cl2N4S. The van der Waals surface area contributed by atoms with E-state index >= 15 is 0 Å². The molecule has 2 heterocycles. The predicted molar refractivity (Wildman–Crippen MR) is 105 cm³/mol. The molecule has 0 saturated carbocycles. The molecule has 0 atom stereocenters. The number of nitrogens with zero attached hydrogens (tertiary/aromatic N) is 4. The Morgan fingerprint density at radius 2 is 1.46 bits per heavy atom. The molecule has 0 fully saturated rings. The molecule has 0 unspecified atom stereocenters. The van der Waals surface area contributed by atoms with E-state index in [1.54, 1.807) is 6.20 Å². The van der Waals surface area contributed by atoms with Gasteiger partial charge in [-0.3, -0.25) is 4.57 Å². The Kier molecular flexibility index (Phi) is 4.93. The Bertz CT molecular complexity index is 1020. The molecule has 0 aliphatic carbocycles. The summed E-state index contributed by atoms with van der Waals surface area (Å²) in [7, 11) is 0. The second kappa shape index (κ2) is 7.50. The highest BCUT2D eigenvalue weighted by atomic mass is 35.5. The van der Waals surface area contributed by atoms with Crippen LogP contribution in [0, 0.1) is 0 Å². The zero-order valence-corrected chi connectivity index (χ0v) is 15.7. The predicted octanol–water partition coefficient (Wildman–Crippen LogP) is 5.79. The Morgan fingerprint density at radius 1 is 0.769 bits per heavy atom. The highest BCUT2D eigenvalue weighted by molar-refractivity contribution is 7.99. The molecule has 0 radical (unpaired) electrons. The molecule has 0 amide bonds. The minimum Gasteiger partial charge on any atom is -0.270 e. The van der Waals surface area contributed by atoms with E-state index in [1.165, 1.54) is 11.8 Å². The number of aromatic nitrogens is 4. The summed E-state index contributed by atoms with van der Waals surface area (Å²) in [4.78, 5) is 4.36. The lowest BCUT2D eigenvalue weighted by molar-refractivity contribution is 0.883. The van der Waals surface area contributed by atoms with Crippen molar-refractivity contribution < 1.29 is 0 Å². The first-order valence-corrected chi connectivity index (χ1v) is 9.34. The first-order chi connectivity index (χ1) is 12.7. The van der Waals surface area contributed by atoms with Gasteiger partial charge in [-0.15, -0.1) is 10.2 Å². The summed E-state index contributed by atoms with van der Waals surface area (Å²) in [5.41, 5.74) is 1.84. The van der Waals surface area contributed by atoms with Gasteiger partial charge in [0.2, 0.25) is 5.16 Å². The molecule has 0 N–H and O–H groups in total. The van der Waals surface area contributed by atoms with Crippen LogP contribution >= 0.6 is 35.0 Å². The van der Waals surface area contributed by atoms with Crippen molar-refractivity contribution in [1.29, 1.82) is 0 Å². The van der Waals surface area contributed by atoms with Gasteiger partial charge < -0.3 is 0 Å². The minimum atomic E-state index is 0.675. The van der Waals surface area contributed by atoms with Gasteiger partial charge in [0.1, 0.15) is 5.03 Å². The van der Waals surface area contributed by atoms with Gasteiger partial charge in [-0.1, -0.05) is 29.3 Å². The lowest BCUT2D eigenvalue weighted by atomic mass is 10.2. The summed E-state index contributed by atoms with van der Waals surface area (Å²) in [5.74, 6) is 0.724. The number of benzene rings is 2. The Morgan fingerprint density at radius 3 is 2.12 bits per heavy atom. The van der Waals surface area contributed by atoms with Crippen LogP contribution < -0.4 is 0 Å². The number of hydrogen-bond acceptors (Lipinski definition) is 4. The molecular weight excluding hydrogens is 387 g/mol. The van der Waals surface area contributed by atoms with E-state index in [0.29, 0.717) is 10.0 Å². The molecule has 0 bridgehead atoms. The van der Waals surface area contributed by atoms with Gasteiger partial charge in [-0.05, 0) is 72.4 Å². The fraction of sp³-hybridized carbons (Fsp3) is 0. The smallest absolute Gasteiger partial charge is 0.202 e. The van der Waals surface area contributed by atoms with Crippen molar-refractivity contribution in [2.45, 2.75) is 10.2 Å². The lowest BCUT2D eigenvalue weighted by Gasteiger charge is -2.10. The van der Waals surface area contributed by atoms with Crippen molar-refractivity contribution in [3.8, 4) is 17.1 Å². The van der Waals surface area contributed by atoms with Crippen LogP contribution in [0.2, 0.25) is 10.0 Å². The van der Waals surface area contributed by atoms with E-state index in [-0.39, 0.29) is 0 Å². The summed E-state index contributed by atoms with van der Waals surface area (Å²) >= 11 is 13.5. The molecule has 0 aliphatic rings. The second-order valence-corrected chi connectivity index (χ2v) is 7.26. The average molecular weight is 399 g/mol. The molecule has 26 heavy (non-hydrogen) atoms. The fourth-order valence-electron chi connectivity index (χ4n) is 2.45. The van der Waals surface area contributed by atoms with Crippen LogP contribution in [-0.2, 0) is 0 Å². The highest BCUT2D eigenvalue weighted by Gasteiger charge is 2.17. The number of rotatable bonds is 4. The lowest BCUT2D eigenvalue weighted by Crippen LogP contribution is -1.99. The van der Waals surface area contributed by atoms with Crippen LogP contribution in [0.15, 0.2) is 83.1 Å². The summed E-state index contributed by atoms with van der Waals surface area (Å²) in [6.45, 7) is 0. The maximum atomic E-state index is 6.05. The summed E-state index contributed by atoms with van der Waals surface area (Å²) in [5, 5.41) is 11.7. The summed E-state index contributed by atoms with van der Waals surface area (Å²) < 4.78 is 1.99. The average Bonchev–Trinajstić information content (AvgIpc) is 3.07. The SMILES string of the molecule is Clc1ccc(-c2nnc(Sc3ccccn3)n2-c2ccc(Cl)cc2)cc1. The summed E-state index contributed by atoms with van der Waals surface area (Å²) in [6.07, 6.45) is 1.76. The van der Waals surface area contributed by atoms with Crippen LogP contribution in [0.4, 0.5) is 0 Å². The molecule has 4 rings (SSSR count). The zero-order chi connectivity index (χ0) is 17.9. The van der Waals surface area contributed by atoms with Crippen molar-refractivity contribution >= 4 is 35.0 Å². The van der Waals surface area contributed by atoms with Crippen molar-refractivity contribution in [3.63, 3.8) is 0 Å². The Hall–Kier alpha value is -2.34. The normalized spacial score (nSPS) is 10.8. The van der Waals surface area contributed by atoms with Crippen LogP contribution in [0.3, 0.4) is 0 Å². The Labute approximate surface area is 164 Å². The third-order valence-corrected chi connectivity index (χ3v) is 5.06. The Balaban J connectivity index is 1.84. The molecule has 4 aromatic rings. The van der Waals surface area contributed by atoms with Gasteiger partial charge in [0, 0.05) is 27.5 Å². The van der Waals surface area contributed by atoms with Crippen LogP contribution in [0.1, 0.15) is 0 Å². The van der Waals surface area contributed by atoms with Gasteiger partial charge in [0.15, 0.2) is 5.82 Å². The van der Waals surface area contributed by atoms with Gasteiger partial charge in [0.05, 0.1) is 0 Å². The molecule has 0 saturated heterocycles. The topological polar surface area (TPSA) is 43.6 Å². The third-order valence-electron chi connectivity index (χ3n) is 3.65. The second-order valence-electron chi connectivity index (χ2n) is 5.39. The fourth-order valence-corrected chi connectivity index (χ4v) is 3.51. The molecule has 2 aromatic carbocycles. The highest BCUT2D eigenvalue weighted by Crippen LogP contribution is 2.32. The molecule has 7 heteroatoms. The monoisotopic (exact) mass is 398 g/mol. The molecule has 4 nitrogen and oxygen atoms in total. The molecule has 0 spiro atoms. The van der Waals surface area contributed by atoms with Crippen molar-refractivity contribution in [1.82, 2.24) is 19.7 Å².